The Morgan fingerprint density at radius 2 is 1.90 bits per heavy atom. The molecule has 0 radical (unpaired) electrons. The van der Waals surface area contributed by atoms with Crippen LogP contribution in [-0.4, -0.2) is 25.0 Å². The lowest BCUT2D eigenvalue weighted by atomic mass is 10.2. The third-order valence-electron chi connectivity index (χ3n) is 2.98. The molecule has 0 fully saturated rings. The molecule has 0 saturated heterocycles. The van der Waals surface area contributed by atoms with E-state index in [1.54, 1.807) is 24.3 Å². The first kappa shape index (κ1) is 15.9. The van der Waals surface area contributed by atoms with Crippen molar-refractivity contribution in [3.05, 3.63) is 35.7 Å². The first-order valence-electron chi connectivity index (χ1n) is 6.52. The smallest absolute Gasteiger partial charge is 0.232 e. The fourth-order valence-electron chi connectivity index (χ4n) is 1.75. The van der Waals surface area contributed by atoms with E-state index in [0.717, 1.165) is 17.0 Å². The molecule has 0 atom stereocenters. The summed E-state index contributed by atoms with van der Waals surface area (Å²) in [5.41, 5.74) is 2.15. The van der Waals surface area contributed by atoms with E-state index in [1.807, 2.05) is 13.8 Å². The number of rotatable bonds is 6. The Bertz CT molecular complexity index is 689. The Labute approximate surface area is 129 Å². The number of aromatic nitrogens is 1. The van der Waals surface area contributed by atoms with Gasteiger partial charge in [-0.15, -0.1) is 11.6 Å². The summed E-state index contributed by atoms with van der Waals surface area (Å²) in [4.78, 5) is 4.31. The molecule has 2 rings (SSSR count). The van der Waals surface area contributed by atoms with Gasteiger partial charge in [-0.05, 0) is 44.5 Å². The van der Waals surface area contributed by atoms with Gasteiger partial charge >= 0.3 is 0 Å². The maximum Gasteiger partial charge on any atom is 0.232 e. The van der Waals surface area contributed by atoms with Crippen molar-refractivity contribution in [3.8, 4) is 11.5 Å². The minimum atomic E-state index is -3.35. The van der Waals surface area contributed by atoms with Gasteiger partial charge < -0.3 is 4.42 Å². The van der Waals surface area contributed by atoms with Crippen molar-refractivity contribution >= 4 is 27.3 Å². The van der Waals surface area contributed by atoms with E-state index in [9.17, 15) is 8.42 Å². The van der Waals surface area contributed by atoms with Crippen molar-refractivity contribution in [3.63, 3.8) is 0 Å². The number of alkyl halides is 1. The Balaban J connectivity index is 2.12. The van der Waals surface area contributed by atoms with Crippen molar-refractivity contribution < 1.29 is 12.8 Å². The van der Waals surface area contributed by atoms with Crippen LogP contribution in [0.2, 0.25) is 0 Å². The van der Waals surface area contributed by atoms with Gasteiger partial charge in [0.1, 0.15) is 5.76 Å². The number of benzene rings is 1. The van der Waals surface area contributed by atoms with Crippen molar-refractivity contribution in [2.24, 2.45) is 0 Å². The molecule has 0 bridgehead atoms. The number of anilines is 1. The molecular weight excluding hydrogens is 312 g/mol. The zero-order valence-corrected chi connectivity index (χ0v) is 13.5. The lowest BCUT2D eigenvalue weighted by Gasteiger charge is -2.07. The predicted octanol–water partition coefficient (Wildman–Crippen LogP) is 3.33. The number of nitrogens with zero attached hydrogens (tertiary/aromatic N) is 1. The fourth-order valence-corrected chi connectivity index (χ4v) is 3.17. The quantitative estimate of drug-likeness (QED) is 0.825. The predicted molar refractivity (Wildman–Crippen MR) is 84.2 cm³/mol. The molecule has 21 heavy (non-hydrogen) atoms. The lowest BCUT2D eigenvalue weighted by Crippen LogP contribution is -2.16. The molecule has 7 heteroatoms. The van der Waals surface area contributed by atoms with Crippen LogP contribution in [0.5, 0.6) is 0 Å². The highest BCUT2D eigenvalue weighted by Gasteiger charge is 2.11. The zero-order chi connectivity index (χ0) is 15.5. The van der Waals surface area contributed by atoms with Crippen LogP contribution < -0.4 is 4.72 Å². The van der Waals surface area contributed by atoms with Crippen LogP contribution in [0.3, 0.4) is 0 Å². The second-order valence-electron chi connectivity index (χ2n) is 4.70. The van der Waals surface area contributed by atoms with Crippen LogP contribution in [0.25, 0.3) is 11.5 Å². The third kappa shape index (κ3) is 4.22. The van der Waals surface area contributed by atoms with Crippen molar-refractivity contribution in [1.29, 1.82) is 0 Å². The van der Waals surface area contributed by atoms with Crippen LogP contribution in [0.4, 0.5) is 5.69 Å². The normalized spacial score (nSPS) is 11.6. The van der Waals surface area contributed by atoms with E-state index in [-0.39, 0.29) is 5.75 Å². The summed E-state index contributed by atoms with van der Waals surface area (Å²) in [6.07, 6.45) is 0.420. The van der Waals surface area contributed by atoms with Crippen LogP contribution in [-0.2, 0) is 10.0 Å². The number of oxazole rings is 1. The second kappa shape index (κ2) is 6.49. The summed E-state index contributed by atoms with van der Waals surface area (Å²) in [5.74, 6) is 1.64. The van der Waals surface area contributed by atoms with Gasteiger partial charge in [0.25, 0.3) is 0 Å². The maximum atomic E-state index is 11.8. The van der Waals surface area contributed by atoms with Gasteiger partial charge in [-0.3, -0.25) is 4.72 Å². The second-order valence-corrected chi connectivity index (χ2v) is 6.92. The molecule has 0 amide bonds. The number of halogens is 1. The molecule has 0 aliphatic carbocycles. The van der Waals surface area contributed by atoms with Gasteiger partial charge in [0.2, 0.25) is 15.9 Å². The topological polar surface area (TPSA) is 72.2 Å². The molecule has 0 saturated carbocycles. The number of nitrogens with one attached hydrogen (secondary N) is 1. The lowest BCUT2D eigenvalue weighted by molar-refractivity contribution is 0.541. The summed E-state index contributed by atoms with van der Waals surface area (Å²) >= 11 is 5.50. The molecule has 0 aliphatic heterocycles. The first-order chi connectivity index (χ1) is 9.91. The Kier molecular flexibility index (Phi) is 4.90. The molecule has 5 nitrogen and oxygen atoms in total. The van der Waals surface area contributed by atoms with E-state index >= 15 is 0 Å². The van der Waals surface area contributed by atoms with E-state index < -0.39 is 10.0 Å². The molecule has 0 unspecified atom stereocenters. The first-order valence-corrected chi connectivity index (χ1v) is 8.71. The molecule has 114 valence electrons. The monoisotopic (exact) mass is 328 g/mol. The summed E-state index contributed by atoms with van der Waals surface area (Å²) in [6, 6.07) is 6.90. The highest BCUT2D eigenvalue weighted by molar-refractivity contribution is 7.92. The standard InChI is InChI=1S/C14H17ClN2O3S/c1-10-11(2)20-14(16-10)12-4-6-13(7-5-12)17-21(18,19)9-3-8-15/h4-7,17H,3,8-9H2,1-2H3. The van der Waals surface area contributed by atoms with Crippen molar-refractivity contribution in [2.75, 3.05) is 16.4 Å². The van der Waals surface area contributed by atoms with Crippen molar-refractivity contribution in [2.45, 2.75) is 20.3 Å². The number of hydrogen-bond acceptors (Lipinski definition) is 4. The molecule has 1 N–H and O–H groups in total. The minimum absolute atomic E-state index is 0.0103. The number of sulfonamides is 1. The largest absolute Gasteiger partial charge is 0.441 e. The van der Waals surface area contributed by atoms with E-state index in [2.05, 4.69) is 9.71 Å². The SMILES string of the molecule is Cc1nc(-c2ccc(NS(=O)(=O)CCCCl)cc2)oc1C. The Morgan fingerprint density at radius 1 is 1.24 bits per heavy atom. The molecule has 0 aliphatic rings. The minimum Gasteiger partial charge on any atom is -0.441 e. The van der Waals surface area contributed by atoms with E-state index in [4.69, 9.17) is 16.0 Å². The molecule has 1 aromatic heterocycles. The van der Waals surface area contributed by atoms with Crippen LogP contribution in [0.1, 0.15) is 17.9 Å². The molecule has 1 heterocycles. The summed E-state index contributed by atoms with van der Waals surface area (Å²) in [5, 5.41) is 0. The summed E-state index contributed by atoms with van der Waals surface area (Å²) in [6.45, 7) is 3.73. The van der Waals surface area contributed by atoms with Gasteiger partial charge in [0.05, 0.1) is 11.4 Å². The number of hydrogen-bond donors (Lipinski definition) is 1. The van der Waals surface area contributed by atoms with Gasteiger partial charge in [0.15, 0.2) is 0 Å². The van der Waals surface area contributed by atoms with Gasteiger partial charge in [-0.1, -0.05) is 0 Å². The highest BCUT2D eigenvalue weighted by Crippen LogP contribution is 2.23. The van der Waals surface area contributed by atoms with E-state index in [0.29, 0.717) is 23.9 Å². The Hall–Kier alpha value is -1.53. The van der Waals surface area contributed by atoms with E-state index in [1.165, 1.54) is 0 Å². The summed E-state index contributed by atoms with van der Waals surface area (Å²) in [7, 11) is -3.35. The van der Waals surface area contributed by atoms with Gasteiger partial charge in [-0.25, -0.2) is 13.4 Å². The van der Waals surface area contributed by atoms with Crippen LogP contribution in [0.15, 0.2) is 28.7 Å². The zero-order valence-electron chi connectivity index (χ0n) is 11.9. The summed E-state index contributed by atoms with van der Waals surface area (Å²) < 4.78 is 31.6. The third-order valence-corrected chi connectivity index (χ3v) is 4.62. The molecular formula is C14H17ClN2O3S. The van der Waals surface area contributed by atoms with Gasteiger partial charge in [-0.2, -0.15) is 0 Å². The van der Waals surface area contributed by atoms with Crippen molar-refractivity contribution in [1.82, 2.24) is 4.98 Å². The Morgan fingerprint density at radius 3 is 2.43 bits per heavy atom. The fraction of sp³-hybridized carbons (Fsp3) is 0.357. The average molecular weight is 329 g/mol. The van der Waals surface area contributed by atoms with Crippen LogP contribution >= 0.6 is 11.6 Å². The maximum absolute atomic E-state index is 11.8. The highest BCUT2D eigenvalue weighted by atomic mass is 35.5. The molecule has 2 aromatic rings. The average Bonchev–Trinajstić information content (AvgIpc) is 2.77. The number of aryl methyl sites for hydroxylation is 2. The van der Waals surface area contributed by atoms with Gasteiger partial charge in [0, 0.05) is 17.1 Å². The molecule has 1 aromatic carbocycles. The van der Waals surface area contributed by atoms with Crippen LogP contribution in [0, 0.1) is 13.8 Å². The molecule has 0 spiro atoms.